The minimum absolute atomic E-state index is 0.0222. The Labute approximate surface area is 136 Å². The molecule has 0 saturated carbocycles. The Balaban J connectivity index is 1.98. The summed E-state index contributed by atoms with van der Waals surface area (Å²) in [6.07, 6.45) is -0.0652. The predicted molar refractivity (Wildman–Crippen MR) is 81.0 cm³/mol. The van der Waals surface area contributed by atoms with Crippen LogP contribution >= 0.6 is 0 Å². The van der Waals surface area contributed by atoms with Crippen LogP contribution in [0.4, 0.5) is 0 Å². The van der Waals surface area contributed by atoms with Crippen LogP contribution in [0.25, 0.3) is 0 Å². The van der Waals surface area contributed by atoms with Crippen LogP contribution in [-0.2, 0) is 22.7 Å². The normalized spacial score (nSPS) is 10.0. The molecule has 2 rings (SSSR count). The van der Waals surface area contributed by atoms with Gasteiger partial charge in [0, 0.05) is 0 Å². The van der Waals surface area contributed by atoms with Crippen molar-refractivity contribution in [2.75, 3.05) is 0 Å². The molecular weight excluding hydrogens is 318 g/mol. The predicted octanol–water partition coefficient (Wildman–Crippen LogP) is 2.24. The number of hydrogen-bond donors (Lipinski definition) is 1. The zero-order valence-electron chi connectivity index (χ0n) is 12.4. The highest BCUT2D eigenvalue weighted by atomic mass is 16.9. The van der Waals surface area contributed by atoms with E-state index in [0.29, 0.717) is 11.1 Å². The number of aromatic carboxylic acids is 1. The molecule has 0 aliphatic carbocycles. The standard InChI is InChI=1S/C16H13NO7/c18-15(24-14-4-2-1-3-13(14)16(19)20)9-11-5-7-12(8-6-11)10-23-17(21)22/h1-8H,9-10H2,(H,19,20). The Morgan fingerprint density at radius 2 is 1.67 bits per heavy atom. The van der Waals surface area contributed by atoms with E-state index in [9.17, 15) is 19.7 Å². The second-order valence-corrected chi connectivity index (χ2v) is 4.77. The van der Waals surface area contributed by atoms with Crippen molar-refractivity contribution >= 4 is 11.9 Å². The average molecular weight is 331 g/mol. The molecule has 0 unspecified atom stereocenters. The van der Waals surface area contributed by atoms with Crippen molar-refractivity contribution in [3.8, 4) is 5.75 Å². The topological polar surface area (TPSA) is 116 Å². The fraction of sp³-hybridized carbons (Fsp3) is 0.125. The lowest BCUT2D eigenvalue weighted by Gasteiger charge is -2.07. The first-order chi connectivity index (χ1) is 11.5. The summed E-state index contributed by atoms with van der Waals surface area (Å²) in [4.78, 5) is 37.3. The van der Waals surface area contributed by atoms with Crippen LogP contribution in [0.1, 0.15) is 21.5 Å². The van der Waals surface area contributed by atoms with Gasteiger partial charge in [-0.3, -0.25) is 4.79 Å². The van der Waals surface area contributed by atoms with Crippen LogP contribution in [0.3, 0.4) is 0 Å². The number of hydrogen-bond acceptors (Lipinski definition) is 6. The molecule has 8 nitrogen and oxygen atoms in total. The molecule has 0 aliphatic heterocycles. The van der Waals surface area contributed by atoms with E-state index >= 15 is 0 Å². The van der Waals surface area contributed by atoms with Crippen LogP contribution in [-0.4, -0.2) is 22.1 Å². The molecule has 124 valence electrons. The fourth-order valence-electron chi connectivity index (χ4n) is 1.94. The molecular formula is C16H13NO7. The number of benzene rings is 2. The number of carbonyl (C=O) groups excluding carboxylic acids is 1. The van der Waals surface area contributed by atoms with Crippen LogP contribution in [0.2, 0.25) is 0 Å². The molecule has 24 heavy (non-hydrogen) atoms. The third-order valence-electron chi connectivity index (χ3n) is 3.05. The summed E-state index contributed by atoms with van der Waals surface area (Å²) in [5.74, 6) is -1.82. The van der Waals surface area contributed by atoms with Gasteiger partial charge in [0.25, 0.3) is 5.09 Å². The number of ether oxygens (including phenoxy) is 1. The first kappa shape index (κ1) is 16.9. The molecule has 0 aromatic heterocycles. The van der Waals surface area contributed by atoms with Gasteiger partial charge in [-0.15, -0.1) is 10.1 Å². The maximum Gasteiger partial charge on any atom is 0.339 e. The Morgan fingerprint density at radius 1 is 1.04 bits per heavy atom. The number of carbonyl (C=O) groups is 2. The molecule has 0 amide bonds. The third-order valence-corrected chi connectivity index (χ3v) is 3.05. The maximum atomic E-state index is 11.9. The van der Waals surface area contributed by atoms with Crippen molar-refractivity contribution in [3.63, 3.8) is 0 Å². The summed E-state index contributed by atoms with van der Waals surface area (Å²) in [6.45, 7) is -0.177. The number of carboxylic acid groups (broad SMARTS) is 1. The SMILES string of the molecule is O=C(Cc1ccc(CO[N+](=O)[O-])cc1)Oc1ccccc1C(=O)O. The summed E-state index contributed by atoms with van der Waals surface area (Å²) in [5, 5.41) is 18.3. The van der Waals surface area contributed by atoms with Crippen molar-refractivity contribution in [1.82, 2.24) is 0 Å². The molecule has 0 atom stereocenters. The van der Waals surface area contributed by atoms with Gasteiger partial charge in [0.2, 0.25) is 0 Å². The molecule has 0 bridgehead atoms. The lowest BCUT2D eigenvalue weighted by atomic mass is 10.1. The van der Waals surface area contributed by atoms with Crippen molar-refractivity contribution in [2.24, 2.45) is 0 Å². The first-order valence-corrected chi connectivity index (χ1v) is 6.84. The van der Waals surface area contributed by atoms with E-state index < -0.39 is 17.0 Å². The second-order valence-electron chi connectivity index (χ2n) is 4.77. The van der Waals surface area contributed by atoms with Crippen molar-refractivity contribution < 1.29 is 29.4 Å². The van der Waals surface area contributed by atoms with Gasteiger partial charge in [0.05, 0.1) is 6.42 Å². The minimum Gasteiger partial charge on any atom is -0.478 e. The summed E-state index contributed by atoms with van der Waals surface area (Å²) < 4.78 is 5.09. The molecule has 0 radical (unpaired) electrons. The number of rotatable bonds is 7. The monoisotopic (exact) mass is 331 g/mol. The second kappa shape index (κ2) is 7.73. The Kier molecular flexibility index (Phi) is 5.45. The van der Waals surface area contributed by atoms with E-state index in [4.69, 9.17) is 9.84 Å². The lowest BCUT2D eigenvalue weighted by Crippen LogP contribution is -2.13. The van der Waals surface area contributed by atoms with E-state index in [-0.39, 0.29) is 24.3 Å². The molecule has 8 heteroatoms. The first-order valence-electron chi connectivity index (χ1n) is 6.84. The number of nitrogens with zero attached hydrogens (tertiary/aromatic N) is 1. The number of para-hydroxylation sites is 1. The number of carboxylic acids is 1. The smallest absolute Gasteiger partial charge is 0.339 e. The van der Waals surface area contributed by atoms with E-state index in [1.165, 1.54) is 18.2 Å². The van der Waals surface area contributed by atoms with Gasteiger partial charge < -0.3 is 14.7 Å². The van der Waals surface area contributed by atoms with Gasteiger partial charge in [-0.25, -0.2) is 4.79 Å². The van der Waals surface area contributed by atoms with Crippen molar-refractivity contribution in [3.05, 3.63) is 75.3 Å². The third kappa shape index (κ3) is 4.80. The van der Waals surface area contributed by atoms with Crippen LogP contribution < -0.4 is 4.74 Å². The Bertz CT molecular complexity index is 755. The van der Waals surface area contributed by atoms with Crippen LogP contribution in [0.15, 0.2) is 48.5 Å². The summed E-state index contributed by atoms with van der Waals surface area (Å²) in [7, 11) is 0. The maximum absolute atomic E-state index is 11.9. The van der Waals surface area contributed by atoms with Crippen LogP contribution in [0, 0.1) is 10.1 Å². The summed E-state index contributed by atoms with van der Waals surface area (Å²) in [5.41, 5.74) is 1.11. The van der Waals surface area contributed by atoms with Gasteiger partial charge in [-0.1, -0.05) is 36.4 Å². The van der Waals surface area contributed by atoms with E-state index in [1.807, 2.05) is 0 Å². The zero-order valence-corrected chi connectivity index (χ0v) is 12.4. The van der Waals surface area contributed by atoms with Gasteiger partial charge in [-0.2, -0.15) is 0 Å². The Hall–Kier alpha value is -3.42. The van der Waals surface area contributed by atoms with E-state index in [0.717, 1.165) is 0 Å². The van der Waals surface area contributed by atoms with E-state index in [1.54, 1.807) is 30.3 Å². The van der Waals surface area contributed by atoms with Gasteiger partial charge in [0.15, 0.2) is 0 Å². The van der Waals surface area contributed by atoms with E-state index in [2.05, 4.69) is 4.84 Å². The lowest BCUT2D eigenvalue weighted by molar-refractivity contribution is -0.763. The highest BCUT2D eigenvalue weighted by molar-refractivity contribution is 5.92. The van der Waals surface area contributed by atoms with Gasteiger partial charge in [-0.05, 0) is 23.3 Å². The average Bonchev–Trinajstić information content (AvgIpc) is 2.54. The Morgan fingerprint density at radius 3 is 2.29 bits per heavy atom. The molecule has 1 N–H and O–H groups in total. The van der Waals surface area contributed by atoms with Crippen molar-refractivity contribution in [2.45, 2.75) is 13.0 Å². The molecule has 0 fully saturated rings. The molecule has 0 spiro atoms. The molecule has 2 aromatic carbocycles. The van der Waals surface area contributed by atoms with Crippen LogP contribution in [0.5, 0.6) is 5.75 Å². The quantitative estimate of drug-likeness (QED) is 0.358. The van der Waals surface area contributed by atoms with Gasteiger partial charge in [0.1, 0.15) is 17.9 Å². The molecule has 2 aromatic rings. The highest BCUT2D eigenvalue weighted by Crippen LogP contribution is 2.18. The van der Waals surface area contributed by atoms with Crippen molar-refractivity contribution in [1.29, 1.82) is 0 Å². The van der Waals surface area contributed by atoms with Gasteiger partial charge >= 0.3 is 11.9 Å². The summed E-state index contributed by atoms with van der Waals surface area (Å²) in [6, 6.07) is 12.3. The zero-order chi connectivity index (χ0) is 17.5. The number of esters is 1. The largest absolute Gasteiger partial charge is 0.478 e. The minimum atomic E-state index is -1.19. The fourth-order valence-corrected chi connectivity index (χ4v) is 1.94. The molecule has 0 saturated heterocycles. The highest BCUT2D eigenvalue weighted by Gasteiger charge is 2.14. The molecule has 0 heterocycles. The molecule has 0 aliphatic rings. The summed E-state index contributed by atoms with van der Waals surface area (Å²) >= 11 is 0.